The first kappa shape index (κ1) is 21.5. The van der Waals surface area contributed by atoms with Crippen LogP contribution in [0.1, 0.15) is 19.4 Å². The van der Waals surface area contributed by atoms with Gasteiger partial charge in [-0.1, -0.05) is 48.5 Å². The second-order valence-electron chi connectivity index (χ2n) is 8.30. The highest BCUT2D eigenvalue weighted by molar-refractivity contribution is 5.83. The molecule has 6 heteroatoms. The van der Waals surface area contributed by atoms with Gasteiger partial charge in [-0.05, 0) is 43.7 Å². The van der Waals surface area contributed by atoms with Crippen molar-refractivity contribution in [2.75, 3.05) is 0 Å². The summed E-state index contributed by atoms with van der Waals surface area (Å²) in [6.45, 7) is 4.45. The van der Waals surface area contributed by atoms with Gasteiger partial charge in [0.15, 0.2) is 5.65 Å². The van der Waals surface area contributed by atoms with Crippen LogP contribution in [0.15, 0.2) is 85.1 Å². The van der Waals surface area contributed by atoms with E-state index in [1.54, 1.807) is 18.3 Å². The minimum Gasteiger partial charge on any atom is -0.507 e. The van der Waals surface area contributed by atoms with Crippen molar-refractivity contribution >= 4 is 11.2 Å². The number of phenolic OH excluding ortho intramolecular Hbond substituents is 1. The quantitative estimate of drug-likeness (QED) is 0.301. The van der Waals surface area contributed by atoms with Crippen LogP contribution in [0, 0.1) is 0 Å². The number of imidazole rings is 1. The standard InChI is InChI=1S/C28H25N3O3/c1-18(2)34-26-15-21(33-17-19-8-4-3-5-9-19)12-13-23(26)27-30-24-14-20(16-29-28(24)31-27)22-10-6-7-11-25(22)32/h3-16,18,32H,17H2,1-2H3,(H,29,30,31). The molecule has 0 spiro atoms. The number of phenols is 1. The van der Waals surface area contributed by atoms with Gasteiger partial charge in [0.2, 0.25) is 0 Å². The number of ether oxygens (including phenoxy) is 2. The number of H-pyrrole nitrogens is 1. The third-order valence-electron chi connectivity index (χ3n) is 5.37. The highest BCUT2D eigenvalue weighted by Crippen LogP contribution is 2.35. The molecule has 6 nitrogen and oxygen atoms in total. The van der Waals surface area contributed by atoms with Crippen molar-refractivity contribution in [3.05, 3.63) is 90.6 Å². The SMILES string of the molecule is CC(C)Oc1cc(OCc2ccccc2)ccc1-c1nc2ncc(-c3ccccc3O)cc2[nH]1. The van der Waals surface area contributed by atoms with Gasteiger partial charge in [-0.25, -0.2) is 9.97 Å². The van der Waals surface area contributed by atoms with Gasteiger partial charge < -0.3 is 19.6 Å². The van der Waals surface area contributed by atoms with Crippen LogP contribution in [0.2, 0.25) is 0 Å². The third kappa shape index (κ3) is 4.57. The molecule has 3 aromatic carbocycles. The van der Waals surface area contributed by atoms with E-state index in [4.69, 9.17) is 9.47 Å². The zero-order chi connectivity index (χ0) is 23.5. The molecule has 0 aliphatic heterocycles. The lowest BCUT2D eigenvalue weighted by Gasteiger charge is -2.15. The monoisotopic (exact) mass is 451 g/mol. The van der Waals surface area contributed by atoms with Crippen molar-refractivity contribution in [2.45, 2.75) is 26.6 Å². The molecule has 0 aliphatic rings. The molecule has 0 bridgehead atoms. The molecule has 5 aromatic rings. The minimum absolute atomic E-state index is 0.0155. The maximum absolute atomic E-state index is 10.2. The Hall–Kier alpha value is -4.32. The molecule has 0 unspecified atom stereocenters. The Bertz CT molecular complexity index is 1430. The molecule has 0 radical (unpaired) electrons. The van der Waals surface area contributed by atoms with Gasteiger partial charge in [0.05, 0.1) is 17.2 Å². The molecule has 0 amide bonds. The average molecular weight is 452 g/mol. The Balaban J connectivity index is 1.47. The van der Waals surface area contributed by atoms with E-state index in [9.17, 15) is 5.11 Å². The predicted molar refractivity (Wildman–Crippen MR) is 133 cm³/mol. The fourth-order valence-corrected chi connectivity index (χ4v) is 3.77. The number of rotatable bonds is 7. The van der Waals surface area contributed by atoms with E-state index in [0.29, 0.717) is 23.8 Å². The minimum atomic E-state index is -0.0155. The lowest BCUT2D eigenvalue weighted by Crippen LogP contribution is -2.07. The van der Waals surface area contributed by atoms with Crippen LogP contribution < -0.4 is 9.47 Å². The number of hydrogen-bond acceptors (Lipinski definition) is 5. The van der Waals surface area contributed by atoms with Crippen molar-refractivity contribution in [3.8, 4) is 39.8 Å². The van der Waals surface area contributed by atoms with E-state index >= 15 is 0 Å². The predicted octanol–water partition coefficient (Wildman–Crippen LogP) is 6.36. The summed E-state index contributed by atoms with van der Waals surface area (Å²) in [5, 5.41) is 10.2. The van der Waals surface area contributed by atoms with Crippen molar-refractivity contribution in [2.24, 2.45) is 0 Å². The molecular formula is C28H25N3O3. The summed E-state index contributed by atoms with van der Waals surface area (Å²) in [5.74, 6) is 2.27. The van der Waals surface area contributed by atoms with Crippen molar-refractivity contribution < 1.29 is 14.6 Å². The molecule has 170 valence electrons. The zero-order valence-electron chi connectivity index (χ0n) is 19.0. The van der Waals surface area contributed by atoms with Crippen LogP contribution in [0.25, 0.3) is 33.7 Å². The fourth-order valence-electron chi connectivity index (χ4n) is 3.77. The van der Waals surface area contributed by atoms with Crippen LogP contribution in [0.5, 0.6) is 17.2 Å². The van der Waals surface area contributed by atoms with Crippen molar-refractivity contribution in [3.63, 3.8) is 0 Å². The Morgan fingerprint density at radius 1 is 0.912 bits per heavy atom. The van der Waals surface area contributed by atoms with Crippen LogP contribution in [-0.4, -0.2) is 26.2 Å². The summed E-state index contributed by atoms with van der Waals surface area (Å²) in [4.78, 5) is 12.5. The number of aromatic hydroxyl groups is 1. The lowest BCUT2D eigenvalue weighted by atomic mass is 10.1. The molecule has 2 aromatic heterocycles. The maximum Gasteiger partial charge on any atom is 0.178 e. The second-order valence-corrected chi connectivity index (χ2v) is 8.30. The molecule has 0 aliphatic carbocycles. The number of aromatic nitrogens is 3. The van der Waals surface area contributed by atoms with Gasteiger partial charge >= 0.3 is 0 Å². The van der Waals surface area contributed by atoms with Crippen LogP contribution in [-0.2, 0) is 6.61 Å². The number of para-hydroxylation sites is 1. The summed E-state index contributed by atoms with van der Waals surface area (Å²) >= 11 is 0. The maximum atomic E-state index is 10.2. The number of benzene rings is 3. The molecule has 0 atom stereocenters. The largest absolute Gasteiger partial charge is 0.507 e. The number of hydrogen-bond donors (Lipinski definition) is 2. The lowest BCUT2D eigenvalue weighted by molar-refractivity contribution is 0.240. The van der Waals surface area contributed by atoms with Gasteiger partial charge in [0.1, 0.15) is 29.7 Å². The van der Waals surface area contributed by atoms with Crippen molar-refractivity contribution in [1.82, 2.24) is 15.0 Å². The summed E-state index contributed by atoms with van der Waals surface area (Å²) in [7, 11) is 0. The molecule has 0 saturated carbocycles. The Labute approximate surface area is 197 Å². The Kier molecular flexibility index (Phi) is 5.87. The van der Waals surface area contributed by atoms with E-state index in [2.05, 4.69) is 15.0 Å². The fraction of sp³-hybridized carbons (Fsp3) is 0.143. The van der Waals surface area contributed by atoms with Crippen LogP contribution in [0.4, 0.5) is 0 Å². The number of nitrogens with zero attached hydrogens (tertiary/aromatic N) is 2. The molecule has 2 N–H and O–H groups in total. The van der Waals surface area contributed by atoms with Gasteiger partial charge in [0.25, 0.3) is 0 Å². The third-order valence-corrected chi connectivity index (χ3v) is 5.37. The van der Waals surface area contributed by atoms with Crippen LogP contribution in [0.3, 0.4) is 0 Å². The van der Waals surface area contributed by atoms with E-state index in [0.717, 1.165) is 33.5 Å². The highest BCUT2D eigenvalue weighted by atomic mass is 16.5. The number of aromatic amines is 1. The summed E-state index contributed by atoms with van der Waals surface area (Å²) in [5.41, 5.74) is 4.81. The molecule has 5 rings (SSSR count). The first-order valence-corrected chi connectivity index (χ1v) is 11.2. The van der Waals surface area contributed by atoms with E-state index in [1.165, 1.54) is 0 Å². The van der Waals surface area contributed by atoms with E-state index < -0.39 is 0 Å². The molecule has 0 saturated heterocycles. The molecular weight excluding hydrogens is 426 g/mol. The number of pyridine rings is 1. The summed E-state index contributed by atoms with van der Waals surface area (Å²) < 4.78 is 12.1. The topological polar surface area (TPSA) is 80.3 Å². The summed E-state index contributed by atoms with van der Waals surface area (Å²) in [6, 6.07) is 24.9. The van der Waals surface area contributed by atoms with Gasteiger partial charge in [-0.3, -0.25) is 0 Å². The van der Waals surface area contributed by atoms with Crippen molar-refractivity contribution in [1.29, 1.82) is 0 Å². The van der Waals surface area contributed by atoms with E-state index in [1.807, 2.05) is 80.6 Å². The Morgan fingerprint density at radius 2 is 1.71 bits per heavy atom. The second kappa shape index (κ2) is 9.27. The zero-order valence-corrected chi connectivity index (χ0v) is 19.0. The first-order valence-electron chi connectivity index (χ1n) is 11.2. The van der Waals surface area contributed by atoms with E-state index in [-0.39, 0.29) is 11.9 Å². The number of fused-ring (bicyclic) bond motifs is 1. The highest BCUT2D eigenvalue weighted by Gasteiger charge is 2.15. The molecule has 2 heterocycles. The smallest absolute Gasteiger partial charge is 0.178 e. The van der Waals surface area contributed by atoms with Crippen LogP contribution >= 0.6 is 0 Å². The molecule has 34 heavy (non-hydrogen) atoms. The number of nitrogens with one attached hydrogen (secondary N) is 1. The van der Waals surface area contributed by atoms with Gasteiger partial charge in [-0.2, -0.15) is 0 Å². The normalized spacial score (nSPS) is 11.1. The molecule has 0 fully saturated rings. The summed E-state index contributed by atoms with van der Waals surface area (Å²) in [6.07, 6.45) is 1.70. The first-order chi connectivity index (χ1) is 16.6. The van der Waals surface area contributed by atoms with Gasteiger partial charge in [0, 0.05) is 23.4 Å². The van der Waals surface area contributed by atoms with Gasteiger partial charge in [-0.15, -0.1) is 0 Å². The Morgan fingerprint density at radius 3 is 2.50 bits per heavy atom. The average Bonchev–Trinajstić information content (AvgIpc) is 3.26.